The molecule has 0 saturated heterocycles. The number of pyridine rings is 1. The maximum atomic E-state index is 6.04. The smallest absolute Gasteiger partial charge is 0.282 e. The highest BCUT2D eigenvalue weighted by Gasteiger charge is 2.42. The first-order valence-corrected chi connectivity index (χ1v) is 34.7. The van der Waals surface area contributed by atoms with Gasteiger partial charge in [0.25, 0.3) is 11.6 Å². The lowest BCUT2D eigenvalue weighted by atomic mass is 10.1. The molecule has 0 aliphatic rings. The maximum absolute atomic E-state index is 6.04. The molecule has 0 spiro atoms. The van der Waals surface area contributed by atoms with Gasteiger partial charge in [0.2, 0.25) is 0 Å². The van der Waals surface area contributed by atoms with Crippen LogP contribution in [-0.2, 0) is 0 Å². The van der Waals surface area contributed by atoms with Crippen LogP contribution >= 0.6 is 0 Å². The van der Waals surface area contributed by atoms with Gasteiger partial charge >= 0.3 is 0 Å². The lowest BCUT2D eigenvalue weighted by Crippen LogP contribution is -2.51. The summed E-state index contributed by atoms with van der Waals surface area (Å²) in [6.07, 6.45) is 0. The molecule has 0 unspecified atom stereocenters. The number of benzene rings is 14. The molecule has 0 bridgehead atoms. The molecular formula is C92H57N10+. The van der Waals surface area contributed by atoms with Gasteiger partial charge < -0.3 is 13.7 Å². The fourth-order valence-corrected chi connectivity index (χ4v) is 16.9. The Morgan fingerprint density at radius 3 is 0.765 bits per heavy atom. The quantitative estimate of drug-likeness (QED) is 0.135. The molecule has 0 fully saturated rings. The average Bonchev–Trinajstić information content (AvgIpc) is 1.40. The Morgan fingerprint density at radius 1 is 0.196 bits per heavy atom. The van der Waals surface area contributed by atoms with Gasteiger partial charge in [0, 0.05) is 81.4 Å². The summed E-state index contributed by atoms with van der Waals surface area (Å²) in [7, 11) is 0. The summed E-state index contributed by atoms with van der Waals surface area (Å²) in [5.74, 6) is 3.21. The number of aromatic nitrogens is 10. The summed E-state index contributed by atoms with van der Waals surface area (Å²) in [6, 6.07) is 126. The van der Waals surface area contributed by atoms with Crippen molar-refractivity contribution < 1.29 is 4.68 Å². The van der Waals surface area contributed by atoms with E-state index in [0.29, 0.717) is 17.5 Å². The van der Waals surface area contributed by atoms with Crippen molar-refractivity contribution >= 4 is 131 Å². The molecule has 22 aromatic rings. The second-order valence-corrected chi connectivity index (χ2v) is 26.4. The van der Waals surface area contributed by atoms with Gasteiger partial charge in [-0.2, -0.15) is 4.68 Å². The Kier molecular flexibility index (Phi) is 12.0. The van der Waals surface area contributed by atoms with E-state index in [2.05, 4.69) is 378 Å². The molecule has 22 rings (SSSR count). The van der Waals surface area contributed by atoms with Crippen LogP contribution in [0.3, 0.4) is 0 Å². The van der Waals surface area contributed by atoms with E-state index in [9.17, 15) is 0 Å². The van der Waals surface area contributed by atoms with Crippen LogP contribution in [0.5, 0.6) is 0 Å². The molecule has 8 heterocycles. The van der Waals surface area contributed by atoms with Crippen LogP contribution in [-0.4, -0.2) is 42.5 Å². The van der Waals surface area contributed by atoms with Crippen LogP contribution in [0, 0.1) is 0 Å². The van der Waals surface area contributed by atoms with E-state index in [1.165, 1.54) is 10.8 Å². The number of nitrogens with zero attached hydrogens (tertiary/aromatic N) is 10. The standard InChI is InChI=1S/C92H57N10/c1-3-29-58(30-4-1)88-93-89(59-31-5-2-6-32-59)95-90(94-88)85-86(97-75-46-20-9-35-63(75)64-36-10-21-47-76(64)97)91(99-79-50-24-13-39-67(79)68-40-14-25-51-80(68)99)102(101-83-54-28-17-43-71(83)72-57-60(55-56-84(72)101)96-73-44-18-7-33-61(73)62-34-8-19-45-74(62)96)92(100-81-52-26-15-41-69(81)70-42-16-27-53-82(70)100)87(85)98-77-48-22-11-37-65(77)66-38-12-23-49-78(66)98/h1-57H/q+1. The Bertz CT molecular complexity index is 6690. The SMILES string of the molecule is c1ccc(-c2nc(-c3ccccc3)nc(-c3c(-n4c5ccccc5c5ccccc54)c(-n4c5ccccc5c5ccccc54)[n+](-n4c5ccccc5c5cc(-n6c7ccccc7c7ccccc76)ccc54)c(-n4c5ccccc5c5ccccc54)c3-n3c4ccccc4c4ccccc43)n2)cc1. The first-order chi connectivity index (χ1) is 50.7. The van der Waals surface area contributed by atoms with Crippen molar-refractivity contribution in [3.63, 3.8) is 0 Å². The van der Waals surface area contributed by atoms with Gasteiger partial charge in [-0.05, 0) is 84.9 Å². The summed E-state index contributed by atoms with van der Waals surface area (Å²) in [5, 5.41) is 13.4. The van der Waals surface area contributed by atoms with Gasteiger partial charge in [-0.25, -0.2) is 24.1 Å². The van der Waals surface area contributed by atoms with Gasteiger partial charge in [0.15, 0.2) is 17.5 Å². The van der Waals surface area contributed by atoms with Crippen LogP contribution in [0.4, 0.5) is 0 Å². The van der Waals surface area contributed by atoms with E-state index in [4.69, 9.17) is 15.0 Å². The third kappa shape index (κ3) is 7.93. The van der Waals surface area contributed by atoms with Gasteiger partial charge in [0.1, 0.15) is 33.4 Å². The maximum Gasteiger partial charge on any atom is 0.282 e. The van der Waals surface area contributed by atoms with E-state index >= 15 is 0 Å². The molecule has 0 amide bonds. The van der Waals surface area contributed by atoms with E-state index in [0.717, 1.165) is 165 Å². The van der Waals surface area contributed by atoms with Crippen molar-refractivity contribution in [2.24, 2.45) is 0 Å². The van der Waals surface area contributed by atoms with Crippen LogP contribution in [0.15, 0.2) is 346 Å². The Labute approximate surface area is 583 Å². The van der Waals surface area contributed by atoms with Crippen LogP contribution in [0.2, 0.25) is 0 Å². The normalized spacial score (nSPS) is 12.1. The summed E-state index contributed by atoms with van der Waals surface area (Å²) >= 11 is 0. The van der Waals surface area contributed by atoms with Gasteiger partial charge in [0.05, 0.1) is 49.7 Å². The lowest BCUT2D eigenvalue weighted by Gasteiger charge is -2.27. The number of hydrogen-bond acceptors (Lipinski definition) is 3. The minimum absolute atomic E-state index is 0.477. The minimum atomic E-state index is 0.477. The topological polar surface area (TPSA) is 72.1 Å². The van der Waals surface area contributed by atoms with Crippen LogP contribution in [0.25, 0.3) is 194 Å². The molecule has 10 heteroatoms. The molecule has 0 N–H and O–H groups in total. The van der Waals surface area contributed by atoms with Crippen molar-refractivity contribution in [1.82, 2.24) is 42.5 Å². The third-order valence-corrected chi connectivity index (χ3v) is 21.1. The van der Waals surface area contributed by atoms with Gasteiger partial charge in [-0.3, -0.25) is 0 Å². The van der Waals surface area contributed by atoms with Gasteiger partial charge in [-0.15, -0.1) is 4.68 Å². The molecule has 0 radical (unpaired) electrons. The summed E-state index contributed by atoms with van der Waals surface area (Å²) < 4.78 is 17.7. The predicted octanol–water partition coefficient (Wildman–Crippen LogP) is 22.1. The Balaban J connectivity index is 1.08. The molecule has 8 aromatic heterocycles. The average molecular weight is 1300 g/mol. The molecule has 0 saturated carbocycles. The fourth-order valence-electron chi connectivity index (χ4n) is 16.9. The van der Waals surface area contributed by atoms with Crippen molar-refractivity contribution in [2.75, 3.05) is 0 Å². The monoisotopic (exact) mass is 1300 g/mol. The zero-order valence-corrected chi connectivity index (χ0v) is 54.9. The Morgan fingerprint density at radius 2 is 0.441 bits per heavy atom. The molecule has 0 aliphatic carbocycles. The molecular weight excluding hydrogens is 1250 g/mol. The number of hydrogen-bond donors (Lipinski definition) is 0. The summed E-state index contributed by atoms with van der Waals surface area (Å²) in [6.45, 7) is 0. The van der Waals surface area contributed by atoms with Crippen molar-refractivity contribution in [3.8, 4) is 62.9 Å². The summed E-state index contributed by atoms with van der Waals surface area (Å²) in [5.41, 5.74) is 17.5. The number of para-hydroxylation sites is 11. The van der Waals surface area contributed by atoms with Crippen molar-refractivity contribution in [3.05, 3.63) is 346 Å². The van der Waals surface area contributed by atoms with Crippen molar-refractivity contribution in [2.45, 2.75) is 0 Å². The molecule has 102 heavy (non-hydrogen) atoms. The number of fused-ring (bicyclic) bond motifs is 18. The molecule has 0 atom stereocenters. The predicted molar refractivity (Wildman–Crippen MR) is 418 cm³/mol. The molecule has 10 nitrogen and oxygen atoms in total. The first kappa shape index (κ1) is 56.1. The summed E-state index contributed by atoms with van der Waals surface area (Å²) in [4.78, 5) is 17.6. The van der Waals surface area contributed by atoms with Crippen LogP contribution < -0.4 is 4.68 Å². The fraction of sp³-hybridized carbons (Fsp3) is 0. The van der Waals surface area contributed by atoms with E-state index in [1.807, 2.05) is 0 Å². The van der Waals surface area contributed by atoms with E-state index in [1.54, 1.807) is 0 Å². The minimum Gasteiger partial charge on any atom is -0.309 e. The van der Waals surface area contributed by atoms with Crippen molar-refractivity contribution in [1.29, 1.82) is 0 Å². The third-order valence-electron chi connectivity index (χ3n) is 21.1. The highest BCUT2D eigenvalue weighted by Crippen LogP contribution is 2.49. The van der Waals surface area contributed by atoms with E-state index < -0.39 is 0 Å². The highest BCUT2D eigenvalue weighted by molar-refractivity contribution is 6.17. The zero-order valence-electron chi connectivity index (χ0n) is 54.9. The second kappa shape index (κ2) is 21.8. The van der Waals surface area contributed by atoms with E-state index in [-0.39, 0.29) is 0 Å². The molecule has 14 aromatic carbocycles. The molecule has 0 aliphatic heterocycles. The van der Waals surface area contributed by atoms with Crippen LogP contribution in [0.1, 0.15) is 0 Å². The van der Waals surface area contributed by atoms with Gasteiger partial charge in [-0.1, -0.05) is 261 Å². The second-order valence-electron chi connectivity index (χ2n) is 26.4. The first-order valence-electron chi connectivity index (χ1n) is 34.7. The zero-order chi connectivity index (χ0) is 66.7. The lowest BCUT2D eigenvalue weighted by molar-refractivity contribution is -0.708. The highest BCUT2D eigenvalue weighted by atomic mass is 15.5. The number of rotatable bonds is 9. The Hall–Kier alpha value is -14.0. The largest absolute Gasteiger partial charge is 0.309 e. The molecule has 474 valence electrons.